The van der Waals surface area contributed by atoms with Gasteiger partial charge >= 0.3 is 0 Å². The first-order chi connectivity index (χ1) is 8.50. The monoisotopic (exact) mass is 293 g/mol. The zero-order chi connectivity index (χ0) is 15.3. The van der Waals surface area contributed by atoms with E-state index in [4.69, 9.17) is 5.73 Å². The van der Waals surface area contributed by atoms with E-state index in [9.17, 15) is 13.2 Å². The van der Waals surface area contributed by atoms with Crippen LogP contribution in [0, 0.1) is 5.41 Å². The molecule has 0 aromatic heterocycles. The molecular weight excluding hydrogens is 266 g/mol. The Balaban J connectivity index is 4.09. The van der Waals surface area contributed by atoms with Crippen molar-refractivity contribution in [3.05, 3.63) is 0 Å². The first-order valence-corrected chi connectivity index (χ1v) is 8.33. The molecule has 0 heterocycles. The van der Waals surface area contributed by atoms with Crippen molar-refractivity contribution in [1.82, 2.24) is 9.62 Å². The minimum atomic E-state index is -3.16. The van der Waals surface area contributed by atoms with Crippen LogP contribution in [0.15, 0.2) is 0 Å². The van der Waals surface area contributed by atoms with Gasteiger partial charge in [-0.25, -0.2) is 12.7 Å². The van der Waals surface area contributed by atoms with E-state index in [-0.39, 0.29) is 11.3 Å². The van der Waals surface area contributed by atoms with Crippen molar-refractivity contribution in [1.29, 1.82) is 0 Å². The van der Waals surface area contributed by atoms with Crippen LogP contribution in [0.1, 0.15) is 34.1 Å². The summed E-state index contributed by atoms with van der Waals surface area (Å²) in [5.74, 6) is -0.199. The highest BCUT2D eigenvalue weighted by atomic mass is 32.2. The minimum Gasteiger partial charge on any atom is -0.355 e. The second-order valence-corrected chi connectivity index (χ2v) is 7.73. The van der Waals surface area contributed by atoms with Crippen molar-refractivity contribution < 1.29 is 13.2 Å². The summed E-state index contributed by atoms with van der Waals surface area (Å²) in [6, 6.07) is -0.565. The molecule has 0 fully saturated rings. The quantitative estimate of drug-likeness (QED) is 0.653. The SMILES string of the molecule is CCN(CCCNC(=O)[C@H](N)C(C)(C)C)S(C)(=O)=O. The Morgan fingerprint density at radius 2 is 1.89 bits per heavy atom. The highest BCUT2D eigenvalue weighted by Gasteiger charge is 2.27. The summed E-state index contributed by atoms with van der Waals surface area (Å²) in [5.41, 5.74) is 5.53. The standard InChI is InChI=1S/C12H27N3O3S/c1-6-15(19(5,17)18)9-7-8-14-11(16)10(13)12(2,3)4/h10H,6-9,13H2,1-5H3,(H,14,16)/t10-/m0/s1. The largest absolute Gasteiger partial charge is 0.355 e. The van der Waals surface area contributed by atoms with Gasteiger partial charge in [0.2, 0.25) is 15.9 Å². The summed E-state index contributed by atoms with van der Waals surface area (Å²) in [5, 5.41) is 2.73. The van der Waals surface area contributed by atoms with Gasteiger partial charge in [-0.3, -0.25) is 4.79 Å². The molecule has 19 heavy (non-hydrogen) atoms. The number of sulfonamides is 1. The minimum absolute atomic E-state index is 0.199. The van der Waals surface area contributed by atoms with E-state index < -0.39 is 16.1 Å². The normalized spacial score (nSPS) is 14.5. The summed E-state index contributed by atoms with van der Waals surface area (Å²) in [6.45, 7) is 8.76. The molecule has 1 amide bonds. The maximum Gasteiger partial charge on any atom is 0.237 e. The maximum absolute atomic E-state index is 11.7. The Morgan fingerprint density at radius 1 is 1.37 bits per heavy atom. The lowest BCUT2D eigenvalue weighted by molar-refractivity contribution is -0.124. The Labute approximate surface area is 116 Å². The van der Waals surface area contributed by atoms with Crippen LogP contribution in [0.2, 0.25) is 0 Å². The second kappa shape index (κ2) is 7.21. The highest BCUT2D eigenvalue weighted by Crippen LogP contribution is 2.17. The Hall–Kier alpha value is -0.660. The van der Waals surface area contributed by atoms with Gasteiger partial charge in [-0.15, -0.1) is 0 Å². The number of hydrogen-bond acceptors (Lipinski definition) is 4. The summed E-state index contributed by atoms with van der Waals surface area (Å²) >= 11 is 0. The van der Waals surface area contributed by atoms with Gasteiger partial charge in [0.05, 0.1) is 12.3 Å². The molecule has 6 nitrogen and oxygen atoms in total. The molecule has 0 bridgehead atoms. The first-order valence-electron chi connectivity index (χ1n) is 6.48. The van der Waals surface area contributed by atoms with Gasteiger partial charge in [0.1, 0.15) is 0 Å². The van der Waals surface area contributed by atoms with E-state index in [0.29, 0.717) is 26.1 Å². The highest BCUT2D eigenvalue weighted by molar-refractivity contribution is 7.88. The van der Waals surface area contributed by atoms with Crippen LogP contribution in [0.25, 0.3) is 0 Å². The zero-order valence-electron chi connectivity index (χ0n) is 12.6. The summed E-state index contributed by atoms with van der Waals surface area (Å²) in [6.07, 6.45) is 1.76. The van der Waals surface area contributed by atoms with Gasteiger partial charge in [-0.1, -0.05) is 27.7 Å². The van der Waals surface area contributed by atoms with Gasteiger partial charge in [0.25, 0.3) is 0 Å². The molecule has 0 spiro atoms. The van der Waals surface area contributed by atoms with Crippen molar-refractivity contribution in [2.24, 2.45) is 11.1 Å². The van der Waals surface area contributed by atoms with Crippen LogP contribution in [0.4, 0.5) is 0 Å². The number of nitrogens with one attached hydrogen (secondary N) is 1. The lowest BCUT2D eigenvalue weighted by Crippen LogP contribution is -2.49. The summed E-state index contributed by atoms with van der Waals surface area (Å²) in [4.78, 5) is 11.7. The molecule has 0 aliphatic heterocycles. The van der Waals surface area contributed by atoms with E-state index in [1.165, 1.54) is 10.6 Å². The number of rotatable bonds is 7. The molecule has 7 heteroatoms. The van der Waals surface area contributed by atoms with Gasteiger partial charge < -0.3 is 11.1 Å². The lowest BCUT2D eigenvalue weighted by atomic mass is 9.87. The fourth-order valence-electron chi connectivity index (χ4n) is 1.53. The third kappa shape index (κ3) is 6.89. The summed E-state index contributed by atoms with van der Waals surface area (Å²) < 4.78 is 24.1. The van der Waals surface area contributed by atoms with Crippen molar-refractivity contribution >= 4 is 15.9 Å². The van der Waals surface area contributed by atoms with E-state index in [1.807, 2.05) is 20.8 Å². The summed E-state index contributed by atoms with van der Waals surface area (Å²) in [7, 11) is -3.16. The van der Waals surface area contributed by atoms with E-state index in [2.05, 4.69) is 5.32 Å². The van der Waals surface area contributed by atoms with Crippen LogP contribution < -0.4 is 11.1 Å². The third-order valence-electron chi connectivity index (χ3n) is 2.92. The van der Waals surface area contributed by atoms with Gasteiger partial charge in [-0.2, -0.15) is 0 Å². The number of nitrogens with zero attached hydrogens (tertiary/aromatic N) is 1. The molecule has 0 saturated carbocycles. The number of carbonyl (C=O) groups is 1. The molecule has 0 unspecified atom stereocenters. The third-order valence-corrected chi connectivity index (χ3v) is 4.30. The number of nitrogens with two attached hydrogens (primary N) is 1. The number of carbonyl (C=O) groups excluding carboxylic acids is 1. The number of hydrogen-bond donors (Lipinski definition) is 2. The fourth-order valence-corrected chi connectivity index (χ4v) is 2.46. The van der Waals surface area contributed by atoms with Gasteiger partial charge in [0.15, 0.2) is 0 Å². The molecule has 3 N–H and O–H groups in total. The van der Waals surface area contributed by atoms with Crippen LogP contribution in [0.5, 0.6) is 0 Å². The predicted octanol–water partition coefficient (Wildman–Crippen LogP) is 0.148. The topological polar surface area (TPSA) is 92.5 Å². The molecule has 0 aromatic carbocycles. The molecule has 0 rings (SSSR count). The molecule has 0 aliphatic rings. The molecular formula is C12H27N3O3S. The molecule has 1 atom stereocenters. The van der Waals surface area contributed by atoms with Crippen LogP contribution >= 0.6 is 0 Å². The van der Waals surface area contributed by atoms with Crippen molar-refractivity contribution in [2.75, 3.05) is 25.9 Å². The molecule has 0 radical (unpaired) electrons. The average Bonchev–Trinajstić information content (AvgIpc) is 2.24. The van der Waals surface area contributed by atoms with Crippen molar-refractivity contribution in [3.63, 3.8) is 0 Å². The maximum atomic E-state index is 11.7. The van der Waals surface area contributed by atoms with Crippen LogP contribution in [-0.4, -0.2) is 50.6 Å². The first kappa shape index (κ1) is 18.3. The Morgan fingerprint density at radius 3 is 2.26 bits per heavy atom. The van der Waals surface area contributed by atoms with Crippen molar-refractivity contribution in [2.45, 2.75) is 40.2 Å². The fraction of sp³-hybridized carbons (Fsp3) is 0.917. The second-order valence-electron chi connectivity index (χ2n) is 5.74. The molecule has 0 aliphatic carbocycles. The lowest BCUT2D eigenvalue weighted by Gasteiger charge is -2.26. The van der Waals surface area contributed by atoms with Crippen LogP contribution in [0.3, 0.4) is 0 Å². The molecule has 114 valence electrons. The predicted molar refractivity (Wildman–Crippen MR) is 77.1 cm³/mol. The van der Waals surface area contributed by atoms with E-state index >= 15 is 0 Å². The van der Waals surface area contributed by atoms with E-state index in [0.717, 1.165) is 0 Å². The Bertz CT molecular complexity index is 388. The Kier molecular flexibility index (Phi) is 6.96. The van der Waals surface area contributed by atoms with Gasteiger partial charge in [-0.05, 0) is 11.8 Å². The molecule has 0 aromatic rings. The smallest absolute Gasteiger partial charge is 0.237 e. The van der Waals surface area contributed by atoms with E-state index in [1.54, 1.807) is 6.92 Å². The average molecular weight is 293 g/mol. The zero-order valence-corrected chi connectivity index (χ0v) is 13.4. The van der Waals surface area contributed by atoms with Crippen molar-refractivity contribution in [3.8, 4) is 0 Å². The number of amides is 1. The van der Waals surface area contributed by atoms with Crippen LogP contribution in [-0.2, 0) is 14.8 Å². The van der Waals surface area contributed by atoms with Gasteiger partial charge in [0, 0.05) is 19.6 Å². The molecule has 0 saturated heterocycles.